The minimum absolute atomic E-state index is 0.153. The number of hydrogen-bond donors (Lipinski definition) is 2. The highest BCUT2D eigenvalue weighted by Gasteiger charge is 2.32. The smallest absolute Gasteiger partial charge is 0.191 e. The van der Waals surface area contributed by atoms with Gasteiger partial charge in [-0.2, -0.15) is 0 Å². The first-order valence-corrected chi connectivity index (χ1v) is 9.82. The van der Waals surface area contributed by atoms with Crippen molar-refractivity contribution in [3.05, 3.63) is 48.0 Å². The Morgan fingerprint density at radius 3 is 2.63 bits per heavy atom. The third-order valence-corrected chi connectivity index (χ3v) is 5.33. The number of nitrogens with one attached hydrogen (secondary N) is 2. The standard InChI is InChI=1S/C22H31N3O2/c1-4-23-21(24-16-22(26-3)11-13-27-14-12-22)25-17(2)19-10-9-18-7-5-6-8-20(18)15-19/h5-10,15,17H,4,11-14,16H2,1-3H3,(H2,23,24,25). The molecule has 0 spiro atoms. The van der Waals surface area contributed by atoms with E-state index in [1.165, 1.54) is 16.3 Å². The molecule has 1 aliphatic heterocycles. The van der Waals surface area contributed by atoms with Crippen LogP contribution in [0.2, 0.25) is 0 Å². The van der Waals surface area contributed by atoms with E-state index in [1.54, 1.807) is 7.11 Å². The van der Waals surface area contributed by atoms with E-state index in [2.05, 4.69) is 66.9 Å². The molecule has 1 aliphatic rings. The van der Waals surface area contributed by atoms with Crippen LogP contribution in [-0.4, -0.2) is 45.0 Å². The molecule has 5 heteroatoms. The second-order valence-corrected chi connectivity index (χ2v) is 7.17. The van der Waals surface area contributed by atoms with Crippen LogP contribution in [0.15, 0.2) is 47.5 Å². The molecule has 2 N–H and O–H groups in total. The molecule has 1 fully saturated rings. The summed E-state index contributed by atoms with van der Waals surface area (Å²) in [7, 11) is 1.78. The average Bonchev–Trinajstić information content (AvgIpc) is 2.72. The molecule has 1 saturated heterocycles. The molecule has 27 heavy (non-hydrogen) atoms. The second-order valence-electron chi connectivity index (χ2n) is 7.17. The maximum Gasteiger partial charge on any atom is 0.191 e. The summed E-state index contributed by atoms with van der Waals surface area (Å²) < 4.78 is 11.3. The van der Waals surface area contributed by atoms with Crippen molar-refractivity contribution in [2.45, 2.75) is 38.3 Å². The number of guanidine groups is 1. The van der Waals surface area contributed by atoms with Crippen LogP contribution in [-0.2, 0) is 9.47 Å². The lowest BCUT2D eigenvalue weighted by Crippen LogP contribution is -2.44. The molecule has 0 radical (unpaired) electrons. The maximum atomic E-state index is 5.80. The molecule has 0 saturated carbocycles. The first kappa shape index (κ1) is 19.6. The fraction of sp³-hybridized carbons (Fsp3) is 0.500. The summed E-state index contributed by atoms with van der Waals surface area (Å²) >= 11 is 0. The van der Waals surface area contributed by atoms with Gasteiger partial charge in [-0.15, -0.1) is 0 Å². The van der Waals surface area contributed by atoms with Gasteiger partial charge in [-0.3, -0.25) is 4.99 Å². The van der Waals surface area contributed by atoms with Crippen molar-refractivity contribution in [2.75, 3.05) is 33.4 Å². The van der Waals surface area contributed by atoms with Gasteiger partial charge in [0, 0.05) is 39.7 Å². The molecule has 0 aliphatic carbocycles. The summed E-state index contributed by atoms with van der Waals surface area (Å²) in [6.07, 6.45) is 1.76. The van der Waals surface area contributed by atoms with E-state index in [0.717, 1.165) is 38.6 Å². The fourth-order valence-corrected chi connectivity index (χ4v) is 3.48. The summed E-state index contributed by atoms with van der Waals surface area (Å²) in [5, 5.41) is 9.40. The zero-order valence-electron chi connectivity index (χ0n) is 16.6. The summed E-state index contributed by atoms with van der Waals surface area (Å²) in [6, 6.07) is 15.2. The highest BCUT2D eigenvalue weighted by atomic mass is 16.5. The van der Waals surface area contributed by atoms with Gasteiger partial charge in [-0.1, -0.05) is 36.4 Å². The van der Waals surface area contributed by atoms with E-state index in [1.807, 2.05) is 0 Å². The van der Waals surface area contributed by atoms with E-state index in [-0.39, 0.29) is 11.6 Å². The largest absolute Gasteiger partial charge is 0.381 e. The molecule has 5 nitrogen and oxygen atoms in total. The number of hydrogen-bond acceptors (Lipinski definition) is 3. The van der Waals surface area contributed by atoms with Gasteiger partial charge in [0.15, 0.2) is 5.96 Å². The Hall–Kier alpha value is -2.11. The third-order valence-electron chi connectivity index (χ3n) is 5.33. The van der Waals surface area contributed by atoms with Crippen molar-refractivity contribution in [1.29, 1.82) is 0 Å². The van der Waals surface area contributed by atoms with Gasteiger partial charge in [0.2, 0.25) is 0 Å². The first-order chi connectivity index (χ1) is 13.2. The van der Waals surface area contributed by atoms with Crippen LogP contribution in [0, 0.1) is 0 Å². The maximum absolute atomic E-state index is 5.80. The third kappa shape index (κ3) is 4.99. The molecular formula is C22H31N3O2. The van der Waals surface area contributed by atoms with Crippen LogP contribution < -0.4 is 10.6 Å². The predicted octanol–water partition coefficient (Wildman–Crippen LogP) is 3.65. The molecule has 0 amide bonds. The number of aliphatic imine (C=N–C) groups is 1. The number of benzene rings is 2. The SMILES string of the molecule is CCNC(=NCC1(OC)CCOCC1)NC(C)c1ccc2ccccc2c1. The predicted molar refractivity (Wildman–Crippen MR) is 111 cm³/mol. The molecular weight excluding hydrogens is 338 g/mol. The van der Waals surface area contributed by atoms with Crippen molar-refractivity contribution in [3.8, 4) is 0 Å². The summed E-state index contributed by atoms with van der Waals surface area (Å²) in [4.78, 5) is 4.82. The highest BCUT2D eigenvalue weighted by molar-refractivity contribution is 5.84. The molecule has 3 rings (SSSR count). The number of methoxy groups -OCH3 is 1. The zero-order valence-corrected chi connectivity index (χ0v) is 16.6. The lowest BCUT2D eigenvalue weighted by atomic mass is 9.94. The Labute approximate surface area is 162 Å². The van der Waals surface area contributed by atoms with E-state index in [9.17, 15) is 0 Å². The Balaban J connectivity index is 1.71. The molecule has 2 aromatic carbocycles. The van der Waals surface area contributed by atoms with Gasteiger partial charge >= 0.3 is 0 Å². The molecule has 0 aromatic heterocycles. The number of fused-ring (bicyclic) bond motifs is 1. The number of rotatable bonds is 6. The van der Waals surface area contributed by atoms with Crippen LogP contribution in [0.5, 0.6) is 0 Å². The number of nitrogens with zero attached hydrogens (tertiary/aromatic N) is 1. The zero-order chi connectivity index (χ0) is 19.1. The van der Waals surface area contributed by atoms with Crippen molar-refractivity contribution in [1.82, 2.24) is 10.6 Å². The monoisotopic (exact) mass is 369 g/mol. The minimum Gasteiger partial charge on any atom is -0.381 e. The van der Waals surface area contributed by atoms with Gasteiger partial charge < -0.3 is 20.1 Å². The van der Waals surface area contributed by atoms with Gasteiger partial charge in [-0.25, -0.2) is 0 Å². The topological polar surface area (TPSA) is 54.9 Å². The van der Waals surface area contributed by atoms with Crippen LogP contribution in [0.1, 0.15) is 38.3 Å². The Morgan fingerprint density at radius 2 is 1.93 bits per heavy atom. The average molecular weight is 370 g/mol. The van der Waals surface area contributed by atoms with Gasteiger partial charge in [0.05, 0.1) is 18.2 Å². The highest BCUT2D eigenvalue weighted by Crippen LogP contribution is 2.25. The van der Waals surface area contributed by atoms with Crippen LogP contribution in [0.3, 0.4) is 0 Å². The van der Waals surface area contributed by atoms with Crippen molar-refractivity contribution >= 4 is 16.7 Å². The van der Waals surface area contributed by atoms with Crippen molar-refractivity contribution < 1.29 is 9.47 Å². The van der Waals surface area contributed by atoms with E-state index in [4.69, 9.17) is 14.5 Å². The van der Waals surface area contributed by atoms with Crippen molar-refractivity contribution in [3.63, 3.8) is 0 Å². The minimum atomic E-state index is -0.215. The molecule has 0 bridgehead atoms. The molecule has 1 atom stereocenters. The second kappa shape index (κ2) is 9.20. The Bertz CT molecular complexity index is 769. The molecule has 1 unspecified atom stereocenters. The lowest BCUT2D eigenvalue weighted by Gasteiger charge is -2.34. The Morgan fingerprint density at radius 1 is 1.19 bits per heavy atom. The van der Waals surface area contributed by atoms with E-state index in [0.29, 0.717) is 6.54 Å². The van der Waals surface area contributed by atoms with E-state index < -0.39 is 0 Å². The Kier molecular flexibility index (Phi) is 6.69. The summed E-state index contributed by atoms with van der Waals surface area (Å²) in [5.74, 6) is 0.820. The number of ether oxygens (including phenoxy) is 2. The lowest BCUT2D eigenvalue weighted by molar-refractivity contribution is -0.0828. The van der Waals surface area contributed by atoms with Crippen LogP contribution in [0.25, 0.3) is 10.8 Å². The fourth-order valence-electron chi connectivity index (χ4n) is 3.48. The molecule has 1 heterocycles. The van der Waals surface area contributed by atoms with Gasteiger partial charge in [-0.05, 0) is 36.2 Å². The van der Waals surface area contributed by atoms with Crippen LogP contribution in [0.4, 0.5) is 0 Å². The quantitative estimate of drug-likeness (QED) is 0.603. The normalized spacial score (nSPS) is 18.3. The summed E-state index contributed by atoms with van der Waals surface area (Å²) in [5.41, 5.74) is 1.03. The van der Waals surface area contributed by atoms with Gasteiger partial charge in [0.1, 0.15) is 0 Å². The van der Waals surface area contributed by atoms with E-state index >= 15 is 0 Å². The molecule has 146 valence electrons. The van der Waals surface area contributed by atoms with Crippen LogP contribution >= 0.6 is 0 Å². The molecule has 2 aromatic rings. The first-order valence-electron chi connectivity index (χ1n) is 9.82. The summed E-state index contributed by atoms with van der Waals surface area (Å²) in [6.45, 7) is 7.17. The van der Waals surface area contributed by atoms with Gasteiger partial charge in [0.25, 0.3) is 0 Å². The van der Waals surface area contributed by atoms with Crippen molar-refractivity contribution in [2.24, 2.45) is 4.99 Å².